The van der Waals surface area contributed by atoms with Crippen LogP contribution in [0.25, 0.3) is 27.4 Å². The van der Waals surface area contributed by atoms with Gasteiger partial charge in [0, 0.05) is 34.2 Å². The Bertz CT molecular complexity index is 1210. The van der Waals surface area contributed by atoms with Crippen LogP contribution in [0, 0.1) is 6.92 Å². The Morgan fingerprint density at radius 2 is 1.88 bits per heavy atom. The molecule has 0 aliphatic carbocycles. The van der Waals surface area contributed by atoms with E-state index in [0.29, 0.717) is 21.4 Å². The number of nitrogens with one attached hydrogen (secondary N) is 1. The number of piperidine rings is 1. The van der Waals surface area contributed by atoms with Crippen LogP contribution < -0.4 is 5.43 Å². The number of nitrogens with zero attached hydrogens (tertiary/aromatic N) is 6. The molecule has 4 rings (SSSR count). The molecular weight excluding hydrogens is 461 g/mol. The minimum atomic E-state index is -0.250. The van der Waals surface area contributed by atoms with Gasteiger partial charge in [-0.05, 0) is 49.1 Å². The second-order valence-corrected chi connectivity index (χ2v) is 8.75. The summed E-state index contributed by atoms with van der Waals surface area (Å²) in [7, 11) is 0. The zero-order valence-corrected chi connectivity index (χ0v) is 19.6. The molecule has 1 saturated heterocycles. The second-order valence-electron chi connectivity index (χ2n) is 7.90. The molecule has 2 heterocycles. The lowest BCUT2D eigenvalue weighted by atomic mass is 10.0. The van der Waals surface area contributed by atoms with Crippen LogP contribution >= 0.6 is 23.2 Å². The molecule has 2 aromatic carbocycles. The Labute approximate surface area is 201 Å². The largest absolute Gasteiger partial charge is 0.286 e. The lowest BCUT2D eigenvalue weighted by Gasteiger charge is -2.26. The number of hydrazine groups is 1. The molecule has 1 amide bonds. The number of carbonyl (C=O) groups excluding carboxylic acids is 1. The third-order valence-electron chi connectivity index (χ3n) is 5.63. The van der Waals surface area contributed by atoms with Gasteiger partial charge in [-0.1, -0.05) is 59.0 Å². The van der Waals surface area contributed by atoms with E-state index in [2.05, 4.69) is 20.6 Å². The maximum Gasteiger partial charge on any atom is 0.286 e. The summed E-state index contributed by atoms with van der Waals surface area (Å²) >= 11 is 12.6. The smallest absolute Gasteiger partial charge is 0.283 e. The van der Waals surface area contributed by atoms with E-state index in [9.17, 15) is 4.79 Å². The highest BCUT2D eigenvalue weighted by molar-refractivity contribution is 6.35. The molecule has 0 radical (unpaired) electrons. The average molecular weight is 484 g/mol. The van der Waals surface area contributed by atoms with Crippen molar-refractivity contribution in [2.75, 3.05) is 13.1 Å². The fourth-order valence-corrected chi connectivity index (χ4v) is 4.45. The van der Waals surface area contributed by atoms with E-state index in [0.717, 1.165) is 48.3 Å². The summed E-state index contributed by atoms with van der Waals surface area (Å²) in [6.45, 7) is 3.80. The van der Waals surface area contributed by atoms with E-state index in [1.54, 1.807) is 22.9 Å². The first-order valence-electron chi connectivity index (χ1n) is 10.7. The molecule has 0 saturated carbocycles. The SMILES string of the molecule is Cc1c(C(=O)NN2CCCCC2)nn(-c2ccc(Cl)cc2Cl)c1-c1ccc(CN=[N+]=[N-])cc1. The summed E-state index contributed by atoms with van der Waals surface area (Å²) in [6.07, 6.45) is 3.29. The van der Waals surface area contributed by atoms with Crippen molar-refractivity contribution in [1.29, 1.82) is 0 Å². The maximum atomic E-state index is 13.1. The lowest BCUT2D eigenvalue weighted by molar-refractivity contribution is 0.0743. The second kappa shape index (κ2) is 10.3. The molecule has 3 aromatic rings. The van der Waals surface area contributed by atoms with Crippen LogP contribution in [0.15, 0.2) is 47.6 Å². The van der Waals surface area contributed by atoms with E-state index in [1.165, 1.54) is 6.42 Å². The number of azide groups is 1. The predicted octanol–water partition coefficient (Wildman–Crippen LogP) is 6.10. The fraction of sp³-hybridized carbons (Fsp3) is 0.304. The molecule has 10 heteroatoms. The highest BCUT2D eigenvalue weighted by Gasteiger charge is 2.24. The Morgan fingerprint density at radius 1 is 1.15 bits per heavy atom. The van der Waals surface area contributed by atoms with Crippen LogP contribution in [-0.2, 0) is 6.54 Å². The lowest BCUT2D eigenvalue weighted by Crippen LogP contribution is -2.45. The van der Waals surface area contributed by atoms with Crippen molar-refractivity contribution in [3.05, 3.63) is 79.8 Å². The summed E-state index contributed by atoms with van der Waals surface area (Å²) in [5, 5.41) is 11.2. The van der Waals surface area contributed by atoms with Crippen molar-refractivity contribution in [2.45, 2.75) is 32.7 Å². The van der Waals surface area contributed by atoms with Crippen LogP contribution in [0.4, 0.5) is 0 Å². The molecule has 1 aromatic heterocycles. The van der Waals surface area contributed by atoms with Crippen molar-refractivity contribution in [3.8, 4) is 16.9 Å². The first-order chi connectivity index (χ1) is 16.0. The number of halogens is 2. The highest BCUT2D eigenvalue weighted by Crippen LogP contribution is 2.33. The average Bonchev–Trinajstić information content (AvgIpc) is 3.15. The molecule has 0 unspecified atom stereocenters. The number of amides is 1. The third-order valence-corrected chi connectivity index (χ3v) is 6.17. The van der Waals surface area contributed by atoms with E-state index in [-0.39, 0.29) is 12.5 Å². The van der Waals surface area contributed by atoms with Gasteiger partial charge in [-0.2, -0.15) is 5.10 Å². The summed E-state index contributed by atoms with van der Waals surface area (Å²) < 4.78 is 1.68. The van der Waals surface area contributed by atoms with Gasteiger partial charge in [-0.15, -0.1) is 0 Å². The van der Waals surface area contributed by atoms with Crippen molar-refractivity contribution >= 4 is 29.1 Å². The Hall–Kier alpha value is -3.03. The quantitative estimate of drug-likeness (QED) is 0.260. The zero-order valence-electron chi connectivity index (χ0n) is 18.1. The predicted molar refractivity (Wildman–Crippen MR) is 129 cm³/mol. The number of rotatable bonds is 6. The number of benzene rings is 2. The van der Waals surface area contributed by atoms with Crippen LogP contribution in [0.3, 0.4) is 0 Å². The summed E-state index contributed by atoms with van der Waals surface area (Å²) in [5.74, 6) is -0.250. The van der Waals surface area contributed by atoms with E-state index < -0.39 is 0 Å². The Kier molecular flexibility index (Phi) is 7.20. The van der Waals surface area contributed by atoms with E-state index in [1.807, 2.05) is 36.2 Å². The summed E-state index contributed by atoms with van der Waals surface area (Å²) in [5.41, 5.74) is 15.7. The number of carbonyl (C=O) groups is 1. The van der Waals surface area contributed by atoms with Crippen molar-refractivity contribution in [1.82, 2.24) is 20.2 Å². The van der Waals surface area contributed by atoms with Gasteiger partial charge in [0.15, 0.2) is 5.69 Å². The van der Waals surface area contributed by atoms with Crippen molar-refractivity contribution in [2.24, 2.45) is 5.11 Å². The minimum absolute atomic E-state index is 0.250. The third kappa shape index (κ3) is 5.15. The number of hydrogen-bond acceptors (Lipinski definition) is 4. The van der Waals surface area contributed by atoms with Gasteiger partial charge in [0.25, 0.3) is 5.91 Å². The standard InChI is InChI=1S/C23H23Cl2N7O/c1-15-21(23(33)29-31-11-3-2-4-12-31)28-32(20-10-9-18(24)13-19(20)25)22(15)17-7-5-16(6-8-17)14-27-30-26/h5-10,13H,2-4,11-12,14H2,1H3,(H,29,33). The normalized spacial score (nSPS) is 14.0. The van der Waals surface area contributed by atoms with Gasteiger partial charge in [-0.25, -0.2) is 9.69 Å². The summed E-state index contributed by atoms with van der Waals surface area (Å²) in [6, 6.07) is 12.8. The van der Waals surface area contributed by atoms with Crippen LogP contribution in [0.5, 0.6) is 0 Å². The molecule has 0 spiro atoms. The molecule has 0 atom stereocenters. The van der Waals surface area contributed by atoms with E-state index >= 15 is 0 Å². The van der Waals surface area contributed by atoms with Gasteiger partial charge in [0.05, 0.1) is 22.9 Å². The zero-order chi connectivity index (χ0) is 23.4. The van der Waals surface area contributed by atoms with Gasteiger partial charge in [0.1, 0.15) is 0 Å². The molecule has 1 fully saturated rings. The molecule has 8 nitrogen and oxygen atoms in total. The van der Waals surface area contributed by atoms with Gasteiger partial charge >= 0.3 is 0 Å². The molecule has 1 aliphatic rings. The highest BCUT2D eigenvalue weighted by atomic mass is 35.5. The van der Waals surface area contributed by atoms with Crippen molar-refractivity contribution < 1.29 is 4.79 Å². The minimum Gasteiger partial charge on any atom is -0.283 e. The van der Waals surface area contributed by atoms with Gasteiger partial charge in [-0.3, -0.25) is 10.2 Å². The first-order valence-corrected chi connectivity index (χ1v) is 11.4. The first kappa shape index (κ1) is 23.1. The molecule has 170 valence electrons. The molecule has 33 heavy (non-hydrogen) atoms. The van der Waals surface area contributed by atoms with Crippen LogP contribution in [0.2, 0.25) is 10.0 Å². The number of aromatic nitrogens is 2. The van der Waals surface area contributed by atoms with Gasteiger partial charge < -0.3 is 0 Å². The van der Waals surface area contributed by atoms with Crippen LogP contribution in [0.1, 0.15) is 40.9 Å². The molecule has 0 bridgehead atoms. The Morgan fingerprint density at radius 3 is 2.55 bits per heavy atom. The monoisotopic (exact) mass is 483 g/mol. The summed E-state index contributed by atoms with van der Waals surface area (Å²) in [4.78, 5) is 15.9. The maximum absolute atomic E-state index is 13.1. The van der Waals surface area contributed by atoms with Crippen molar-refractivity contribution in [3.63, 3.8) is 0 Å². The van der Waals surface area contributed by atoms with Gasteiger partial charge in [0.2, 0.25) is 0 Å². The van der Waals surface area contributed by atoms with Crippen LogP contribution in [-0.4, -0.2) is 33.8 Å². The fourth-order valence-electron chi connectivity index (χ4n) is 3.96. The number of hydrogen-bond donors (Lipinski definition) is 1. The Balaban J connectivity index is 1.77. The molecule has 1 N–H and O–H groups in total. The topological polar surface area (TPSA) is 98.9 Å². The molecular formula is C23H23Cl2N7O. The molecule has 1 aliphatic heterocycles. The van der Waals surface area contributed by atoms with E-state index in [4.69, 9.17) is 28.7 Å².